The summed E-state index contributed by atoms with van der Waals surface area (Å²) in [6.45, 7) is 4.30. The largest absolute Gasteiger partial charge is 0.497 e. The molecule has 0 fully saturated rings. The van der Waals surface area contributed by atoms with Crippen LogP contribution >= 0.6 is 35.6 Å². The Labute approximate surface area is 158 Å². The quantitative estimate of drug-likeness (QED) is 0.354. The molecule has 0 atom stereocenters. The number of halogens is 1. The SMILES string of the molecule is COc1ccc(C(=S)/C=C(\Nc2ccc(Cl)cc2)SC(C)C)cc1. The van der Waals surface area contributed by atoms with Crippen LogP contribution in [0.25, 0.3) is 0 Å². The Morgan fingerprint density at radius 2 is 1.75 bits per heavy atom. The number of benzene rings is 2. The minimum absolute atomic E-state index is 0.440. The van der Waals surface area contributed by atoms with Gasteiger partial charge in [0, 0.05) is 20.8 Å². The van der Waals surface area contributed by atoms with Gasteiger partial charge in [0.15, 0.2) is 0 Å². The highest BCUT2D eigenvalue weighted by Crippen LogP contribution is 2.25. The molecule has 0 radical (unpaired) electrons. The van der Waals surface area contributed by atoms with Gasteiger partial charge in [-0.05, 0) is 60.2 Å². The van der Waals surface area contributed by atoms with Crippen LogP contribution in [-0.4, -0.2) is 17.2 Å². The second-order valence-electron chi connectivity index (χ2n) is 5.40. The van der Waals surface area contributed by atoms with Crippen LogP contribution in [0.15, 0.2) is 59.6 Å². The highest BCUT2D eigenvalue weighted by Gasteiger charge is 2.06. The molecule has 5 heteroatoms. The number of rotatable bonds is 7. The lowest BCUT2D eigenvalue weighted by Crippen LogP contribution is -2.03. The van der Waals surface area contributed by atoms with Gasteiger partial charge in [0.1, 0.15) is 5.75 Å². The molecule has 0 aromatic heterocycles. The molecule has 0 unspecified atom stereocenters. The van der Waals surface area contributed by atoms with Gasteiger partial charge >= 0.3 is 0 Å². The highest BCUT2D eigenvalue weighted by molar-refractivity contribution is 8.03. The summed E-state index contributed by atoms with van der Waals surface area (Å²) in [7, 11) is 1.65. The van der Waals surface area contributed by atoms with E-state index in [1.165, 1.54) is 0 Å². The summed E-state index contributed by atoms with van der Waals surface area (Å²) in [5.74, 6) is 0.821. The van der Waals surface area contributed by atoms with E-state index in [9.17, 15) is 0 Å². The first-order valence-corrected chi connectivity index (χ1v) is 9.24. The van der Waals surface area contributed by atoms with Gasteiger partial charge in [-0.25, -0.2) is 0 Å². The molecule has 0 saturated heterocycles. The lowest BCUT2D eigenvalue weighted by Gasteiger charge is -2.13. The van der Waals surface area contributed by atoms with Crippen molar-refractivity contribution in [1.82, 2.24) is 0 Å². The topological polar surface area (TPSA) is 21.3 Å². The molecule has 0 bridgehead atoms. The van der Waals surface area contributed by atoms with Crippen molar-refractivity contribution in [3.05, 3.63) is 70.2 Å². The first-order valence-electron chi connectivity index (χ1n) is 7.57. The zero-order chi connectivity index (χ0) is 17.5. The Morgan fingerprint density at radius 1 is 1.12 bits per heavy atom. The zero-order valence-corrected chi connectivity index (χ0v) is 16.3. The van der Waals surface area contributed by atoms with E-state index in [0.717, 1.165) is 31.9 Å². The Hall–Kier alpha value is -1.49. The molecule has 0 aliphatic carbocycles. The lowest BCUT2D eigenvalue weighted by atomic mass is 10.1. The van der Waals surface area contributed by atoms with E-state index >= 15 is 0 Å². The second-order valence-corrected chi connectivity index (χ2v) is 7.89. The maximum Gasteiger partial charge on any atom is 0.118 e. The fourth-order valence-electron chi connectivity index (χ4n) is 1.99. The highest BCUT2D eigenvalue weighted by atomic mass is 35.5. The molecule has 2 rings (SSSR count). The molecule has 0 saturated carbocycles. The summed E-state index contributed by atoms with van der Waals surface area (Å²) in [5, 5.41) is 5.58. The van der Waals surface area contributed by atoms with Crippen molar-refractivity contribution in [3.63, 3.8) is 0 Å². The van der Waals surface area contributed by atoms with Crippen LogP contribution in [0.3, 0.4) is 0 Å². The van der Waals surface area contributed by atoms with Crippen molar-refractivity contribution in [2.24, 2.45) is 0 Å². The van der Waals surface area contributed by atoms with Gasteiger partial charge in [0.25, 0.3) is 0 Å². The Balaban J connectivity index is 2.19. The Bertz CT molecular complexity index is 709. The van der Waals surface area contributed by atoms with Crippen LogP contribution in [-0.2, 0) is 0 Å². The van der Waals surface area contributed by atoms with Gasteiger partial charge in [-0.3, -0.25) is 0 Å². The van der Waals surface area contributed by atoms with Crippen LogP contribution < -0.4 is 10.1 Å². The van der Waals surface area contributed by atoms with Crippen molar-refractivity contribution in [2.45, 2.75) is 19.1 Å². The average molecular weight is 378 g/mol. The third kappa shape index (κ3) is 5.86. The first kappa shape index (κ1) is 18.8. The van der Waals surface area contributed by atoms with Crippen LogP contribution in [0.1, 0.15) is 19.4 Å². The molecule has 24 heavy (non-hydrogen) atoms. The minimum Gasteiger partial charge on any atom is -0.497 e. The number of methoxy groups -OCH3 is 1. The number of thiocarbonyl (C=S) groups is 1. The number of thioether (sulfide) groups is 1. The maximum atomic E-state index is 5.94. The summed E-state index contributed by atoms with van der Waals surface area (Å²) in [5.41, 5.74) is 1.97. The summed E-state index contributed by atoms with van der Waals surface area (Å²) in [4.78, 5) is 0.780. The zero-order valence-electron chi connectivity index (χ0n) is 13.9. The van der Waals surface area contributed by atoms with E-state index in [1.807, 2.05) is 54.6 Å². The summed E-state index contributed by atoms with van der Waals surface area (Å²) >= 11 is 13.3. The van der Waals surface area contributed by atoms with Crippen molar-refractivity contribution in [1.29, 1.82) is 0 Å². The molecule has 0 amide bonds. The fraction of sp³-hybridized carbons (Fsp3) is 0.211. The number of ether oxygens (including phenoxy) is 1. The van der Waals surface area contributed by atoms with Crippen molar-refractivity contribution < 1.29 is 4.74 Å². The van der Waals surface area contributed by atoms with Gasteiger partial charge in [-0.15, -0.1) is 11.8 Å². The maximum absolute atomic E-state index is 5.94. The van der Waals surface area contributed by atoms with E-state index in [4.69, 9.17) is 28.6 Å². The van der Waals surface area contributed by atoms with Gasteiger partial charge in [-0.1, -0.05) is 37.7 Å². The summed E-state index contributed by atoms with van der Waals surface area (Å²) < 4.78 is 5.19. The van der Waals surface area contributed by atoms with Crippen LogP contribution in [0.2, 0.25) is 5.02 Å². The van der Waals surface area contributed by atoms with Crippen molar-refractivity contribution >= 4 is 46.1 Å². The van der Waals surface area contributed by atoms with Crippen molar-refractivity contribution in [2.75, 3.05) is 12.4 Å². The fourth-order valence-corrected chi connectivity index (χ4v) is 3.31. The molecular formula is C19H20ClNOS2. The van der Waals surface area contributed by atoms with E-state index in [2.05, 4.69) is 19.2 Å². The standard InChI is InChI=1S/C19H20ClNOS2/c1-13(2)24-19(21-16-8-6-15(20)7-9-16)12-18(23)14-4-10-17(22-3)11-5-14/h4-13,21H,1-3H3/b19-12+. The molecule has 2 aromatic carbocycles. The van der Waals surface area contributed by atoms with E-state index in [0.29, 0.717) is 5.25 Å². The van der Waals surface area contributed by atoms with E-state index in [1.54, 1.807) is 18.9 Å². The van der Waals surface area contributed by atoms with Crippen molar-refractivity contribution in [3.8, 4) is 5.75 Å². The molecule has 1 N–H and O–H groups in total. The number of nitrogens with one attached hydrogen (secondary N) is 1. The minimum atomic E-state index is 0.440. The molecule has 0 spiro atoms. The van der Waals surface area contributed by atoms with Gasteiger partial charge in [0.2, 0.25) is 0 Å². The number of hydrogen-bond acceptors (Lipinski definition) is 4. The second kappa shape index (κ2) is 9.11. The van der Waals surface area contributed by atoms with Gasteiger partial charge in [-0.2, -0.15) is 0 Å². The summed E-state index contributed by atoms with van der Waals surface area (Å²) in [6, 6.07) is 15.4. The predicted molar refractivity (Wildman–Crippen MR) is 111 cm³/mol. The summed E-state index contributed by atoms with van der Waals surface area (Å²) in [6.07, 6.45) is 2.00. The Kier molecular flexibility index (Phi) is 7.16. The number of allylic oxidation sites excluding steroid dienone is 1. The monoisotopic (exact) mass is 377 g/mol. The van der Waals surface area contributed by atoms with E-state index < -0.39 is 0 Å². The first-order chi connectivity index (χ1) is 11.5. The molecule has 2 aromatic rings. The Morgan fingerprint density at radius 3 is 2.29 bits per heavy atom. The van der Waals surface area contributed by atoms with Gasteiger partial charge in [0.05, 0.1) is 12.1 Å². The number of anilines is 1. The van der Waals surface area contributed by atoms with Crippen LogP contribution in [0.5, 0.6) is 5.75 Å². The molecule has 0 aliphatic heterocycles. The normalized spacial score (nSPS) is 11.5. The molecule has 2 nitrogen and oxygen atoms in total. The molecule has 126 valence electrons. The molecule has 0 aliphatic rings. The van der Waals surface area contributed by atoms with Gasteiger partial charge < -0.3 is 10.1 Å². The molecule has 0 heterocycles. The third-order valence-corrected chi connectivity index (χ3v) is 4.66. The predicted octanol–water partition coefficient (Wildman–Crippen LogP) is 6.16. The average Bonchev–Trinajstić information content (AvgIpc) is 2.56. The smallest absolute Gasteiger partial charge is 0.118 e. The third-order valence-electron chi connectivity index (χ3n) is 3.11. The van der Waals surface area contributed by atoms with Crippen LogP contribution in [0, 0.1) is 0 Å². The van der Waals surface area contributed by atoms with E-state index in [-0.39, 0.29) is 0 Å². The molecular weight excluding hydrogens is 358 g/mol. The lowest BCUT2D eigenvalue weighted by molar-refractivity contribution is 0.415. The van der Waals surface area contributed by atoms with Crippen LogP contribution in [0.4, 0.5) is 5.69 Å². The number of hydrogen-bond donors (Lipinski definition) is 1.